The van der Waals surface area contributed by atoms with Crippen LogP contribution in [-0.2, 0) is 9.63 Å². The molecule has 0 radical (unpaired) electrons. The highest BCUT2D eigenvalue weighted by Gasteiger charge is 2.45. The summed E-state index contributed by atoms with van der Waals surface area (Å²) in [6.45, 7) is 1.87. The minimum absolute atomic E-state index is 0.0565. The van der Waals surface area contributed by atoms with E-state index >= 15 is 0 Å². The van der Waals surface area contributed by atoms with E-state index in [1.54, 1.807) is 19.3 Å². The molecule has 0 saturated heterocycles. The molecule has 1 aromatic heterocycles. The van der Waals surface area contributed by atoms with E-state index in [1.165, 1.54) is 12.1 Å². The first-order chi connectivity index (χ1) is 16.0. The van der Waals surface area contributed by atoms with Gasteiger partial charge in [0.15, 0.2) is 0 Å². The van der Waals surface area contributed by atoms with Crippen LogP contribution in [0.15, 0.2) is 33.3 Å². The molecule has 1 aromatic carbocycles. The number of amides is 1. The lowest BCUT2D eigenvalue weighted by atomic mass is 9.90. The van der Waals surface area contributed by atoms with Crippen molar-refractivity contribution in [3.8, 4) is 0 Å². The number of nitrogens with zero attached hydrogens (tertiary/aromatic N) is 3. The van der Waals surface area contributed by atoms with Gasteiger partial charge in [-0.2, -0.15) is 23.2 Å². The molecule has 0 spiro atoms. The molecular formula is C21H22Br2F3N5O3. The van der Waals surface area contributed by atoms with Crippen LogP contribution < -0.4 is 10.6 Å². The Morgan fingerprint density at radius 3 is 2.29 bits per heavy atom. The number of alkyl halides is 3. The molecule has 13 heteroatoms. The van der Waals surface area contributed by atoms with Crippen LogP contribution in [0.5, 0.6) is 0 Å². The van der Waals surface area contributed by atoms with E-state index in [0.29, 0.717) is 51.5 Å². The van der Waals surface area contributed by atoms with Crippen molar-refractivity contribution in [2.45, 2.75) is 50.9 Å². The third-order valence-electron chi connectivity index (χ3n) is 5.29. The van der Waals surface area contributed by atoms with Gasteiger partial charge in [0.2, 0.25) is 5.95 Å². The molecule has 0 atom stereocenters. The van der Waals surface area contributed by atoms with E-state index in [4.69, 9.17) is 0 Å². The fourth-order valence-electron chi connectivity index (χ4n) is 3.63. The number of aryl methyl sites for hydroxylation is 1. The SMILES string of the molecule is CNc1nc(NC2CCC(N(OC(=O)C(F)(F)F)C(=O)c3cc(Br)cc(Br)c3)CC2)ncc1C. The zero-order chi connectivity index (χ0) is 25.0. The number of halogens is 5. The van der Waals surface area contributed by atoms with Gasteiger partial charge in [0.25, 0.3) is 5.91 Å². The Morgan fingerprint density at radius 1 is 1.12 bits per heavy atom. The average molecular weight is 609 g/mol. The zero-order valence-corrected chi connectivity index (χ0v) is 21.4. The maximum atomic E-state index is 13.1. The standard InChI is InChI=1S/C21H22Br2F3N5O3/c1-11-10-28-20(30-17(11)27-2)29-15-3-5-16(6-4-15)31(34-19(33)21(24,25)26)18(32)12-7-13(22)9-14(23)8-12/h7-10,15-16H,3-6H2,1-2H3,(H2,27,28,29,30). The van der Waals surface area contributed by atoms with E-state index in [9.17, 15) is 22.8 Å². The summed E-state index contributed by atoms with van der Waals surface area (Å²) in [5.41, 5.74) is 0.959. The number of benzene rings is 1. The zero-order valence-electron chi connectivity index (χ0n) is 18.2. The first-order valence-electron chi connectivity index (χ1n) is 10.3. The first kappa shape index (κ1) is 26.2. The Labute approximate surface area is 210 Å². The largest absolute Gasteiger partial charge is 0.493 e. The van der Waals surface area contributed by atoms with Crippen molar-refractivity contribution in [2.24, 2.45) is 0 Å². The number of anilines is 2. The highest BCUT2D eigenvalue weighted by molar-refractivity contribution is 9.11. The molecule has 1 aliphatic carbocycles. The van der Waals surface area contributed by atoms with E-state index < -0.39 is 24.1 Å². The van der Waals surface area contributed by atoms with Gasteiger partial charge in [0, 0.05) is 39.4 Å². The van der Waals surface area contributed by atoms with Crippen molar-refractivity contribution < 1.29 is 27.6 Å². The van der Waals surface area contributed by atoms with Crippen LogP contribution in [0.25, 0.3) is 0 Å². The molecule has 0 aliphatic heterocycles. The maximum Gasteiger partial charge on any atom is 0.493 e. The first-order valence-corrected chi connectivity index (χ1v) is 11.9. The lowest BCUT2D eigenvalue weighted by molar-refractivity contribution is -0.235. The molecule has 0 unspecified atom stereocenters. The highest BCUT2D eigenvalue weighted by Crippen LogP contribution is 2.30. The fraction of sp³-hybridized carbons (Fsp3) is 0.429. The Balaban J connectivity index is 1.74. The summed E-state index contributed by atoms with van der Waals surface area (Å²) in [7, 11) is 1.75. The minimum Gasteiger partial charge on any atom is -0.373 e. The van der Waals surface area contributed by atoms with Crippen LogP contribution in [0.4, 0.5) is 24.9 Å². The molecule has 8 nitrogen and oxygen atoms in total. The monoisotopic (exact) mass is 607 g/mol. The van der Waals surface area contributed by atoms with Crippen molar-refractivity contribution in [1.29, 1.82) is 0 Å². The van der Waals surface area contributed by atoms with Crippen molar-refractivity contribution in [2.75, 3.05) is 17.7 Å². The Morgan fingerprint density at radius 2 is 1.74 bits per heavy atom. The topological polar surface area (TPSA) is 96.5 Å². The third-order valence-corrected chi connectivity index (χ3v) is 6.21. The molecule has 1 amide bonds. The second-order valence-electron chi connectivity index (χ2n) is 7.79. The van der Waals surface area contributed by atoms with Gasteiger partial charge in [-0.25, -0.2) is 9.78 Å². The molecule has 3 rings (SSSR count). The van der Waals surface area contributed by atoms with Gasteiger partial charge in [0.05, 0.1) is 6.04 Å². The van der Waals surface area contributed by atoms with Gasteiger partial charge in [0.1, 0.15) is 5.82 Å². The quantitative estimate of drug-likeness (QED) is 0.448. The van der Waals surface area contributed by atoms with E-state index in [-0.39, 0.29) is 11.6 Å². The van der Waals surface area contributed by atoms with Gasteiger partial charge < -0.3 is 15.5 Å². The van der Waals surface area contributed by atoms with Crippen molar-refractivity contribution >= 4 is 55.5 Å². The number of hydrogen-bond acceptors (Lipinski definition) is 7. The number of nitrogens with one attached hydrogen (secondary N) is 2. The fourth-order valence-corrected chi connectivity index (χ4v) is 4.92. The number of carbonyl (C=O) groups is 2. The summed E-state index contributed by atoms with van der Waals surface area (Å²) in [5, 5.41) is 6.75. The Hall–Kier alpha value is -2.41. The van der Waals surface area contributed by atoms with Crippen LogP contribution in [0.3, 0.4) is 0 Å². The van der Waals surface area contributed by atoms with Gasteiger partial charge in [-0.05, 0) is 50.8 Å². The predicted octanol–water partition coefficient (Wildman–Crippen LogP) is 5.24. The summed E-state index contributed by atoms with van der Waals surface area (Å²) in [5.74, 6) is -2.17. The van der Waals surface area contributed by atoms with Crippen LogP contribution in [0.2, 0.25) is 0 Å². The molecule has 34 heavy (non-hydrogen) atoms. The van der Waals surface area contributed by atoms with Crippen molar-refractivity contribution in [3.63, 3.8) is 0 Å². The van der Waals surface area contributed by atoms with Crippen LogP contribution in [0.1, 0.15) is 41.6 Å². The Bertz CT molecular complexity index is 1040. The number of aromatic nitrogens is 2. The van der Waals surface area contributed by atoms with Gasteiger partial charge >= 0.3 is 12.1 Å². The van der Waals surface area contributed by atoms with Gasteiger partial charge in [-0.15, -0.1) is 0 Å². The maximum absolute atomic E-state index is 13.1. The second-order valence-corrected chi connectivity index (χ2v) is 9.62. The van der Waals surface area contributed by atoms with E-state index in [2.05, 4.69) is 57.3 Å². The van der Waals surface area contributed by atoms with Crippen LogP contribution in [-0.4, -0.2) is 52.2 Å². The summed E-state index contributed by atoms with van der Waals surface area (Å²) in [4.78, 5) is 37.9. The second kappa shape index (κ2) is 10.9. The molecule has 2 aromatic rings. The molecule has 1 aliphatic rings. The summed E-state index contributed by atoms with van der Waals surface area (Å²) in [6.07, 6.45) is -1.91. The molecule has 1 saturated carbocycles. The normalized spacial score (nSPS) is 18.2. The number of carbonyl (C=O) groups excluding carboxylic acids is 2. The number of hydroxylamine groups is 2. The predicted molar refractivity (Wildman–Crippen MR) is 126 cm³/mol. The lowest BCUT2D eigenvalue weighted by Crippen LogP contribution is -2.47. The van der Waals surface area contributed by atoms with Gasteiger partial charge in [-0.1, -0.05) is 31.9 Å². The van der Waals surface area contributed by atoms with Gasteiger partial charge in [-0.3, -0.25) is 4.79 Å². The molecule has 1 heterocycles. The molecule has 1 fully saturated rings. The third kappa shape index (κ3) is 6.59. The molecule has 0 bridgehead atoms. The van der Waals surface area contributed by atoms with Crippen molar-refractivity contribution in [1.82, 2.24) is 15.0 Å². The minimum atomic E-state index is -5.23. The van der Waals surface area contributed by atoms with E-state index in [1.807, 2.05) is 6.92 Å². The molecule has 184 valence electrons. The van der Waals surface area contributed by atoms with Crippen molar-refractivity contribution in [3.05, 3.63) is 44.5 Å². The molecule has 2 N–H and O–H groups in total. The summed E-state index contributed by atoms with van der Waals surface area (Å²) < 4.78 is 39.8. The molecular weight excluding hydrogens is 587 g/mol. The van der Waals surface area contributed by atoms with Crippen LogP contribution >= 0.6 is 31.9 Å². The van der Waals surface area contributed by atoms with Crippen LogP contribution in [0, 0.1) is 6.92 Å². The Kier molecular flexibility index (Phi) is 8.39. The lowest BCUT2D eigenvalue weighted by Gasteiger charge is -2.35. The smallest absolute Gasteiger partial charge is 0.373 e. The number of rotatable bonds is 5. The average Bonchev–Trinajstić information content (AvgIpc) is 2.77. The number of hydrogen-bond donors (Lipinski definition) is 2. The summed E-state index contributed by atoms with van der Waals surface area (Å²) >= 11 is 6.50. The summed E-state index contributed by atoms with van der Waals surface area (Å²) in [6, 6.07) is 3.79. The highest BCUT2D eigenvalue weighted by atomic mass is 79.9. The van der Waals surface area contributed by atoms with E-state index in [0.717, 1.165) is 5.56 Å².